The average molecular weight is 384 g/mol. The minimum Gasteiger partial charge on any atom is -0.504 e. The van der Waals surface area contributed by atoms with Crippen LogP contribution in [0.15, 0.2) is 24.3 Å². The van der Waals surface area contributed by atoms with Crippen molar-refractivity contribution in [1.82, 2.24) is 5.32 Å². The van der Waals surface area contributed by atoms with Gasteiger partial charge in [-0.2, -0.15) is 0 Å². The molecule has 0 bridgehead atoms. The number of nitrogens with one attached hydrogen (secondary N) is 1. The Morgan fingerprint density at radius 1 is 1.27 bits per heavy atom. The summed E-state index contributed by atoms with van der Waals surface area (Å²) < 4.78 is 36.1. The van der Waals surface area contributed by atoms with Crippen LogP contribution in [-0.2, 0) is 12.8 Å². The molecule has 140 valence electrons. The van der Waals surface area contributed by atoms with Crippen LogP contribution in [0.25, 0.3) is 11.1 Å². The van der Waals surface area contributed by atoms with E-state index in [0.29, 0.717) is 11.5 Å². The van der Waals surface area contributed by atoms with Gasteiger partial charge in [0.05, 0.1) is 7.11 Å². The van der Waals surface area contributed by atoms with Crippen molar-refractivity contribution in [3.05, 3.63) is 41.0 Å². The molecule has 0 fully saturated rings. The fraction of sp³-hybridized carbons (Fsp3) is 0.368. The van der Waals surface area contributed by atoms with Crippen molar-refractivity contribution in [3.8, 4) is 28.4 Å². The molecule has 1 atom stereocenters. The minimum absolute atomic E-state index is 0. The van der Waals surface area contributed by atoms with Gasteiger partial charge in [-0.1, -0.05) is 12.1 Å². The van der Waals surface area contributed by atoms with Gasteiger partial charge in [0, 0.05) is 17.2 Å². The second-order valence-corrected chi connectivity index (χ2v) is 6.33. The molecule has 1 heterocycles. The highest BCUT2D eigenvalue weighted by Gasteiger charge is 2.35. The molecule has 0 amide bonds. The molecule has 1 unspecified atom stereocenters. The Hall–Kier alpha value is -2.05. The van der Waals surface area contributed by atoms with Crippen molar-refractivity contribution in [2.24, 2.45) is 0 Å². The van der Waals surface area contributed by atoms with E-state index in [-0.39, 0.29) is 24.2 Å². The van der Waals surface area contributed by atoms with Crippen LogP contribution >= 0.6 is 12.4 Å². The minimum atomic E-state index is -2.55. The van der Waals surface area contributed by atoms with Gasteiger partial charge in [0.1, 0.15) is 12.4 Å². The molecule has 2 aliphatic rings. The van der Waals surface area contributed by atoms with E-state index in [1.54, 1.807) is 12.1 Å². The molecule has 2 N–H and O–H groups in total. The molecule has 1 aliphatic heterocycles. The van der Waals surface area contributed by atoms with Crippen LogP contribution in [0.5, 0.6) is 17.2 Å². The van der Waals surface area contributed by atoms with E-state index in [9.17, 15) is 13.9 Å². The van der Waals surface area contributed by atoms with E-state index in [0.717, 1.165) is 47.2 Å². The number of phenolic OH excluding ortho intramolecular Hbond substituents is 1. The van der Waals surface area contributed by atoms with Crippen LogP contribution in [0.2, 0.25) is 0 Å². The number of aromatic hydroxyl groups is 1. The van der Waals surface area contributed by atoms with Gasteiger partial charge >= 0.3 is 0 Å². The summed E-state index contributed by atoms with van der Waals surface area (Å²) >= 11 is 0. The van der Waals surface area contributed by atoms with E-state index in [1.165, 1.54) is 7.11 Å². The molecule has 0 saturated heterocycles. The number of fused-ring (bicyclic) bond motifs is 2. The van der Waals surface area contributed by atoms with E-state index in [2.05, 4.69) is 5.32 Å². The Bertz CT molecular complexity index is 829. The van der Waals surface area contributed by atoms with Crippen molar-refractivity contribution in [2.45, 2.75) is 25.3 Å². The third-order valence-corrected chi connectivity index (χ3v) is 4.87. The molecular formula is C19H20ClF2NO3. The van der Waals surface area contributed by atoms with Gasteiger partial charge in [-0.15, -0.1) is 12.4 Å². The fourth-order valence-electron chi connectivity index (χ4n) is 3.96. The Kier molecular flexibility index (Phi) is 5.25. The van der Waals surface area contributed by atoms with Crippen LogP contribution in [-0.4, -0.2) is 31.8 Å². The standard InChI is InChI=1S/C19H19F2NO3.ClH/c1-24-19-13(23)8-11-5-6-22-12-7-10-3-2-4-14(25-9-15(20)21)17(10)18(19)16(11)12;/h2-4,8,12,15,22-23H,5-7,9H2,1H3;1H. The lowest BCUT2D eigenvalue weighted by molar-refractivity contribution is 0.0821. The monoisotopic (exact) mass is 383 g/mol. The summed E-state index contributed by atoms with van der Waals surface area (Å²) in [6.07, 6.45) is -1.00. The number of halogens is 3. The van der Waals surface area contributed by atoms with Crippen LogP contribution < -0.4 is 14.8 Å². The van der Waals surface area contributed by atoms with Crippen molar-refractivity contribution in [3.63, 3.8) is 0 Å². The van der Waals surface area contributed by atoms with E-state index in [1.807, 2.05) is 12.1 Å². The summed E-state index contributed by atoms with van der Waals surface area (Å²) in [5, 5.41) is 13.9. The Balaban J connectivity index is 0.00000196. The molecule has 0 aromatic heterocycles. The van der Waals surface area contributed by atoms with Crippen molar-refractivity contribution >= 4 is 12.4 Å². The summed E-state index contributed by atoms with van der Waals surface area (Å²) in [6, 6.07) is 7.33. The Labute approximate surface area is 156 Å². The van der Waals surface area contributed by atoms with Crippen molar-refractivity contribution in [2.75, 3.05) is 20.3 Å². The number of hydrogen-bond donors (Lipinski definition) is 2. The third-order valence-electron chi connectivity index (χ3n) is 4.87. The zero-order chi connectivity index (χ0) is 17.6. The molecule has 1 aliphatic carbocycles. The molecule has 26 heavy (non-hydrogen) atoms. The van der Waals surface area contributed by atoms with Crippen LogP contribution in [0.3, 0.4) is 0 Å². The molecule has 2 aromatic carbocycles. The zero-order valence-electron chi connectivity index (χ0n) is 14.2. The Morgan fingerprint density at radius 3 is 2.81 bits per heavy atom. The number of benzene rings is 2. The first kappa shape index (κ1) is 18.7. The van der Waals surface area contributed by atoms with Crippen molar-refractivity contribution < 1.29 is 23.4 Å². The largest absolute Gasteiger partial charge is 0.504 e. The average Bonchev–Trinajstić information content (AvgIpc) is 2.59. The molecule has 7 heteroatoms. The van der Waals surface area contributed by atoms with Gasteiger partial charge in [0.25, 0.3) is 6.43 Å². The quantitative estimate of drug-likeness (QED) is 0.841. The zero-order valence-corrected chi connectivity index (χ0v) is 15.0. The maximum atomic E-state index is 12.6. The number of alkyl halides is 2. The first-order valence-corrected chi connectivity index (χ1v) is 8.29. The molecule has 0 radical (unpaired) electrons. The highest BCUT2D eigenvalue weighted by Crippen LogP contribution is 2.52. The summed E-state index contributed by atoms with van der Waals surface area (Å²) in [7, 11) is 1.50. The molecule has 2 aromatic rings. The van der Waals surface area contributed by atoms with Crippen LogP contribution in [0.4, 0.5) is 8.78 Å². The highest BCUT2D eigenvalue weighted by molar-refractivity contribution is 5.87. The smallest absolute Gasteiger partial charge is 0.272 e. The highest BCUT2D eigenvalue weighted by atomic mass is 35.5. The molecular weight excluding hydrogens is 364 g/mol. The lowest BCUT2D eigenvalue weighted by Gasteiger charge is -2.36. The molecule has 0 spiro atoms. The third kappa shape index (κ3) is 2.97. The predicted molar refractivity (Wildman–Crippen MR) is 97.0 cm³/mol. The number of ether oxygens (including phenoxy) is 2. The van der Waals surface area contributed by atoms with Gasteiger partial charge in [-0.05, 0) is 48.2 Å². The number of phenols is 1. The number of hydrogen-bond acceptors (Lipinski definition) is 4. The molecule has 0 saturated carbocycles. The summed E-state index contributed by atoms with van der Waals surface area (Å²) in [5.74, 6) is 0.822. The van der Waals surface area contributed by atoms with E-state index >= 15 is 0 Å². The van der Waals surface area contributed by atoms with Gasteiger partial charge in [0.15, 0.2) is 11.5 Å². The first-order chi connectivity index (χ1) is 12.1. The van der Waals surface area contributed by atoms with E-state index < -0.39 is 13.0 Å². The lowest BCUT2D eigenvalue weighted by atomic mass is 9.77. The van der Waals surface area contributed by atoms with Crippen LogP contribution in [0.1, 0.15) is 22.7 Å². The second kappa shape index (κ2) is 7.29. The first-order valence-electron chi connectivity index (χ1n) is 8.29. The van der Waals surface area contributed by atoms with Gasteiger partial charge in [-0.25, -0.2) is 8.78 Å². The summed E-state index contributed by atoms with van der Waals surface area (Å²) in [5.41, 5.74) is 4.62. The molecule has 4 nitrogen and oxygen atoms in total. The van der Waals surface area contributed by atoms with Crippen molar-refractivity contribution in [1.29, 1.82) is 0 Å². The fourth-order valence-corrected chi connectivity index (χ4v) is 3.96. The normalized spacial score (nSPS) is 17.2. The van der Waals surface area contributed by atoms with Gasteiger partial charge in [-0.3, -0.25) is 0 Å². The Morgan fingerprint density at radius 2 is 2.08 bits per heavy atom. The lowest BCUT2D eigenvalue weighted by Crippen LogP contribution is -2.34. The second-order valence-electron chi connectivity index (χ2n) is 6.33. The van der Waals surface area contributed by atoms with E-state index in [4.69, 9.17) is 9.47 Å². The summed E-state index contributed by atoms with van der Waals surface area (Å²) in [4.78, 5) is 0. The maximum absolute atomic E-state index is 12.6. The van der Waals surface area contributed by atoms with Gasteiger partial charge in [0.2, 0.25) is 0 Å². The van der Waals surface area contributed by atoms with Crippen LogP contribution in [0, 0.1) is 0 Å². The molecule has 4 rings (SSSR count). The maximum Gasteiger partial charge on any atom is 0.272 e. The number of methoxy groups -OCH3 is 1. The predicted octanol–water partition coefficient (Wildman–Crippen LogP) is 3.88. The van der Waals surface area contributed by atoms with Gasteiger partial charge < -0.3 is 19.9 Å². The topological polar surface area (TPSA) is 50.7 Å². The summed E-state index contributed by atoms with van der Waals surface area (Å²) in [6.45, 7) is 0.168. The number of rotatable bonds is 4. The SMILES string of the molecule is COc1c(O)cc2c3c1-c1c(cccc1OCC(F)F)CC3NCC2.Cl.